The molecule has 2 aliphatic carbocycles. The number of halogens is 1. The summed E-state index contributed by atoms with van der Waals surface area (Å²) < 4.78 is 13.0. The summed E-state index contributed by atoms with van der Waals surface area (Å²) in [7, 11) is 0. The first-order chi connectivity index (χ1) is 12.5. The van der Waals surface area contributed by atoms with Crippen LogP contribution < -0.4 is 0 Å². The van der Waals surface area contributed by atoms with E-state index in [9.17, 15) is 19.1 Å². The minimum absolute atomic E-state index is 0.00400. The topological polar surface area (TPSA) is 60.9 Å². The standard InChI is InChI=1S/C20H23FN2O3/c21-16-5-1-13(2-6-16)12-22-7-9-23(10-8-22)19(24)17-14-3-4-15(11-14)18(17)20(25)26/h1-6,14-15,17-18H,7-12H2,(H,25,26)/t14-,15-,17-,18+/m0/s1. The van der Waals surface area contributed by atoms with Crippen molar-refractivity contribution in [3.63, 3.8) is 0 Å². The Kier molecular flexibility index (Phi) is 4.53. The van der Waals surface area contributed by atoms with E-state index in [-0.39, 0.29) is 23.6 Å². The van der Waals surface area contributed by atoms with Gasteiger partial charge in [-0.2, -0.15) is 0 Å². The highest BCUT2D eigenvalue weighted by Crippen LogP contribution is 2.48. The third-order valence-corrected chi connectivity index (χ3v) is 6.03. The lowest BCUT2D eigenvalue weighted by molar-refractivity contribution is -0.151. The van der Waals surface area contributed by atoms with Crippen LogP contribution in [0.1, 0.15) is 12.0 Å². The molecule has 0 radical (unpaired) electrons. The number of nitrogens with zero attached hydrogens (tertiary/aromatic N) is 2. The van der Waals surface area contributed by atoms with E-state index >= 15 is 0 Å². The monoisotopic (exact) mass is 358 g/mol. The van der Waals surface area contributed by atoms with Crippen molar-refractivity contribution in [2.45, 2.75) is 13.0 Å². The zero-order chi connectivity index (χ0) is 18.3. The number of hydrogen-bond acceptors (Lipinski definition) is 3. The number of fused-ring (bicyclic) bond motifs is 2. The van der Waals surface area contributed by atoms with Crippen molar-refractivity contribution in [3.05, 3.63) is 47.8 Å². The van der Waals surface area contributed by atoms with E-state index in [0.717, 1.165) is 31.6 Å². The minimum Gasteiger partial charge on any atom is -0.481 e. The van der Waals surface area contributed by atoms with Gasteiger partial charge in [-0.3, -0.25) is 14.5 Å². The Morgan fingerprint density at radius 3 is 2.23 bits per heavy atom. The molecule has 0 spiro atoms. The fourth-order valence-corrected chi connectivity index (χ4v) is 4.68. The highest BCUT2D eigenvalue weighted by Gasteiger charge is 2.52. The summed E-state index contributed by atoms with van der Waals surface area (Å²) in [5.74, 6) is -2.00. The van der Waals surface area contributed by atoms with Crippen LogP contribution in [0.15, 0.2) is 36.4 Å². The molecule has 1 saturated heterocycles. The lowest BCUT2D eigenvalue weighted by Crippen LogP contribution is -2.52. The van der Waals surface area contributed by atoms with E-state index in [1.807, 2.05) is 17.1 Å². The van der Waals surface area contributed by atoms with Gasteiger partial charge in [0.25, 0.3) is 0 Å². The lowest BCUT2D eigenvalue weighted by Gasteiger charge is -2.37. The zero-order valence-corrected chi connectivity index (χ0v) is 14.6. The summed E-state index contributed by atoms with van der Waals surface area (Å²) in [5, 5.41) is 9.54. The van der Waals surface area contributed by atoms with Crippen LogP contribution >= 0.6 is 0 Å². The van der Waals surface area contributed by atoms with Crippen molar-refractivity contribution >= 4 is 11.9 Å². The van der Waals surface area contributed by atoms with Crippen LogP contribution in [0.3, 0.4) is 0 Å². The molecule has 1 heterocycles. The molecule has 1 aromatic rings. The molecule has 5 nitrogen and oxygen atoms in total. The van der Waals surface area contributed by atoms with E-state index in [1.54, 1.807) is 12.1 Å². The molecular weight excluding hydrogens is 335 g/mol. The molecule has 26 heavy (non-hydrogen) atoms. The fraction of sp³-hybridized carbons (Fsp3) is 0.500. The summed E-state index contributed by atoms with van der Waals surface area (Å²) in [6.45, 7) is 3.46. The third-order valence-electron chi connectivity index (χ3n) is 6.03. The Labute approximate surface area is 152 Å². The number of carboxylic acids is 1. The molecule has 0 unspecified atom stereocenters. The summed E-state index contributed by atoms with van der Waals surface area (Å²) in [5.41, 5.74) is 1.05. The van der Waals surface area contributed by atoms with Crippen LogP contribution in [0, 0.1) is 29.5 Å². The number of piperazine rings is 1. The summed E-state index contributed by atoms with van der Waals surface area (Å²) in [4.78, 5) is 28.7. The predicted molar refractivity (Wildman–Crippen MR) is 93.6 cm³/mol. The van der Waals surface area contributed by atoms with Gasteiger partial charge in [0.2, 0.25) is 5.91 Å². The second-order valence-electron chi connectivity index (χ2n) is 7.57. The van der Waals surface area contributed by atoms with Crippen molar-refractivity contribution in [1.29, 1.82) is 0 Å². The van der Waals surface area contributed by atoms with Crippen molar-refractivity contribution in [1.82, 2.24) is 9.80 Å². The Bertz CT molecular complexity index is 725. The van der Waals surface area contributed by atoms with Crippen LogP contribution in [0.2, 0.25) is 0 Å². The van der Waals surface area contributed by atoms with Crippen LogP contribution in [-0.2, 0) is 16.1 Å². The Morgan fingerprint density at radius 1 is 1.00 bits per heavy atom. The molecule has 1 aromatic carbocycles. The predicted octanol–water partition coefficient (Wildman–Crippen LogP) is 1.99. The first kappa shape index (κ1) is 17.2. The molecule has 1 saturated carbocycles. The number of allylic oxidation sites excluding steroid dienone is 2. The van der Waals surface area contributed by atoms with Crippen molar-refractivity contribution in [3.8, 4) is 0 Å². The van der Waals surface area contributed by atoms with E-state index < -0.39 is 17.8 Å². The normalized spacial score (nSPS) is 30.7. The molecule has 138 valence electrons. The van der Waals surface area contributed by atoms with Gasteiger partial charge in [-0.1, -0.05) is 24.3 Å². The van der Waals surface area contributed by atoms with E-state index in [0.29, 0.717) is 13.1 Å². The number of rotatable bonds is 4. The summed E-state index contributed by atoms with van der Waals surface area (Å²) in [6, 6.07) is 6.49. The average Bonchev–Trinajstić information content (AvgIpc) is 3.25. The lowest BCUT2D eigenvalue weighted by atomic mass is 9.82. The van der Waals surface area contributed by atoms with Gasteiger partial charge in [-0.25, -0.2) is 4.39 Å². The molecule has 1 aliphatic heterocycles. The molecule has 2 bridgehead atoms. The maximum absolute atomic E-state index is 13.0. The molecule has 3 aliphatic rings. The van der Waals surface area contributed by atoms with Gasteiger partial charge in [0.15, 0.2) is 0 Å². The van der Waals surface area contributed by atoms with Crippen LogP contribution in [-0.4, -0.2) is 53.0 Å². The average molecular weight is 358 g/mol. The molecule has 4 rings (SSSR count). The minimum atomic E-state index is -0.852. The first-order valence-corrected chi connectivity index (χ1v) is 9.19. The fourth-order valence-electron chi connectivity index (χ4n) is 4.68. The van der Waals surface area contributed by atoms with Crippen molar-refractivity contribution < 1.29 is 19.1 Å². The van der Waals surface area contributed by atoms with Gasteiger partial charge in [-0.15, -0.1) is 0 Å². The number of benzene rings is 1. The molecule has 4 atom stereocenters. The highest BCUT2D eigenvalue weighted by atomic mass is 19.1. The Hall–Kier alpha value is -2.21. The first-order valence-electron chi connectivity index (χ1n) is 9.19. The second kappa shape index (κ2) is 6.83. The van der Waals surface area contributed by atoms with Gasteiger partial charge in [0, 0.05) is 32.7 Å². The second-order valence-corrected chi connectivity index (χ2v) is 7.57. The summed E-state index contributed by atoms with van der Waals surface area (Å²) >= 11 is 0. The van der Waals surface area contributed by atoms with E-state index in [4.69, 9.17) is 0 Å². The van der Waals surface area contributed by atoms with Gasteiger partial charge < -0.3 is 10.0 Å². The van der Waals surface area contributed by atoms with Gasteiger partial charge in [0.05, 0.1) is 11.8 Å². The summed E-state index contributed by atoms with van der Waals surface area (Å²) in [6.07, 6.45) is 4.78. The Balaban J connectivity index is 1.36. The number of aliphatic carboxylic acids is 1. The highest BCUT2D eigenvalue weighted by molar-refractivity contribution is 5.87. The van der Waals surface area contributed by atoms with Gasteiger partial charge in [0.1, 0.15) is 5.82 Å². The number of carbonyl (C=O) groups excluding carboxylic acids is 1. The van der Waals surface area contributed by atoms with Gasteiger partial charge >= 0.3 is 5.97 Å². The van der Waals surface area contributed by atoms with Crippen LogP contribution in [0.4, 0.5) is 4.39 Å². The van der Waals surface area contributed by atoms with E-state index in [2.05, 4.69) is 4.90 Å². The largest absolute Gasteiger partial charge is 0.481 e. The molecular formula is C20H23FN2O3. The third kappa shape index (κ3) is 3.14. The SMILES string of the molecule is O=C(O)[C@H]1[C@@H](C(=O)N2CCN(Cc3ccc(F)cc3)CC2)[C@H]2C=C[C@H]1C2. The number of hydrogen-bond donors (Lipinski definition) is 1. The smallest absolute Gasteiger partial charge is 0.307 e. The molecule has 1 amide bonds. The quantitative estimate of drug-likeness (QED) is 0.837. The number of carboxylic acid groups (broad SMARTS) is 1. The maximum Gasteiger partial charge on any atom is 0.307 e. The number of amides is 1. The zero-order valence-electron chi connectivity index (χ0n) is 14.6. The van der Waals surface area contributed by atoms with Gasteiger partial charge in [-0.05, 0) is 36.0 Å². The molecule has 1 N–H and O–H groups in total. The van der Waals surface area contributed by atoms with E-state index in [1.165, 1.54) is 12.1 Å². The number of carbonyl (C=O) groups is 2. The van der Waals surface area contributed by atoms with Crippen LogP contribution in [0.5, 0.6) is 0 Å². The maximum atomic E-state index is 13.0. The Morgan fingerprint density at radius 2 is 1.62 bits per heavy atom. The van der Waals surface area contributed by atoms with Crippen LogP contribution in [0.25, 0.3) is 0 Å². The van der Waals surface area contributed by atoms with Crippen molar-refractivity contribution in [2.24, 2.45) is 23.7 Å². The molecule has 6 heteroatoms. The molecule has 2 fully saturated rings. The van der Waals surface area contributed by atoms with Crippen molar-refractivity contribution in [2.75, 3.05) is 26.2 Å². The molecule has 0 aromatic heterocycles.